The predicted octanol–water partition coefficient (Wildman–Crippen LogP) is 5.72. The van der Waals surface area contributed by atoms with E-state index in [2.05, 4.69) is 35.5 Å². The Morgan fingerprint density at radius 3 is 2.49 bits per heavy atom. The number of rotatable bonds is 8. The molecule has 3 heterocycles. The van der Waals surface area contributed by atoms with E-state index >= 15 is 0 Å². The lowest BCUT2D eigenvalue weighted by Crippen LogP contribution is -2.40. The van der Waals surface area contributed by atoms with E-state index in [1.165, 1.54) is 11.3 Å². The third-order valence-corrected chi connectivity index (χ3v) is 8.65. The predicted molar refractivity (Wildman–Crippen MR) is 173 cm³/mol. The molecule has 1 N–H and O–H groups in total. The number of para-hydroxylation sites is 2. The summed E-state index contributed by atoms with van der Waals surface area (Å²) >= 11 is 1.34. The monoisotopic (exact) mass is 588 g/mol. The third-order valence-electron chi connectivity index (χ3n) is 7.67. The molecule has 1 aliphatic heterocycles. The number of nitrogens with one attached hydrogen (secondary N) is 1. The Morgan fingerprint density at radius 1 is 1.05 bits per heavy atom. The minimum absolute atomic E-state index is 0.194. The lowest BCUT2D eigenvalue weighted by Gasteiger charge is -2.25. The molecule has 0 aliphatic carbocycles. The number of anilines is 1. The van der Waals surface area contributed by atoms with Gasteiger partial charge in [0.25, 0.3) is 11.5 Å². The number of fused-ring (bicyclic) bond motifs is 2. The molecule has 8 heteroatoms. The highest BCUT2D eigenvalue weighted by molar-refractivity contribution is 7.07. The lowest BCUT2D eigenvalue weighted by atomic mass is 9.95. The molecule has 5 aromatic rings. The van der Waals surface area contributed by atoms with Crippen LogP contribution in [-0.2, 0) is 11.3 Å². The number of thiazole rings is 1. The van der Waals surface area contributed by atoms with Crippen LogP contribution in [0.25, 0.3) is 17.0 Å². The SMILES string of the molecule is C=CCn1c(C)c(/C=c2\sc3n(c2=O)[C@H](c2ccc(OCC)cc2)C(C(=O)Nc2ccccc2)=C(C)N=3)c2ccccc21. The fourth-order valence-electron chi connectivity index (χ4n) is 5.70. The largest absolute Gasteiger partial charge is 0.494 e. The zero-order valence-electron chi connectivity index (χ0n) is 24.3. The van der Waals surface area contributed by atoms with Crippen LogP contribution in [0.4, 0.5) is 5.69 Å². The van der Waals surface area contributed by atoms with E-state index < -0.39 is 6.04 Å². The maximum absolute atomic E-state index is 14.3. The number of benzene rings is 3. The molecular formula is C35H32N4O3S. The van der Waals surface area contributed by atoms with Gasteiger partial charge in [0.15, 0.2) is 4.80 Å². The van der Waals surface area contributed by atoms with Gasteiger partial charge in [0, 0.05) is 34.4 Å². The molecule has 0 bridgehead atoms. The normalized spacial score (nSPS) is 14.9. The summed E-state index contributed by atoms with van der Waals surface area (Å²) in [4.78, 5) is 33.4. The van der Waals surface area contributed by atoms with Crippen LogP contribution in [0.1, 0.15) is 36.7 Å². The molecule has 1 aliphatic rings. The van der Waals surface area contributed by atoms with E-state index in [9.17, 15) is 9.59 Å². The Morgan fingerprint density at radius 2 is 1.77 bits per heavy atom. The van der Waals surface area contributed by atoms with Gasteiger partial charge in [-0.05, 0) is 62.7 Å². The Labute approximate surface area is 253 Å². The van der Waals surface area contributed by atoms with E-state index in [0.717, 1.165) is 33.5 Å². The molecule has 1 amide bonds. The Bertz CT molecular complexity index is 2070. The number of amides is 1. The van der Waals surface area contributed by atoms with Gasteiger partial charge in [-0.15, -0.1) is 6.58 Å². The molecule has 0 spiro atoms. The highest BCUT2D eigenvalue weighted by atomic mass is 32.1. The van der Waals surface area contributed by atoms with Crippen LogP contribution in [0.15, 0.2) is 113 Å². The van der Waals surface area contributed by atoms with Crippen LogP contribution in [0.3, 0.4) is 0 Å². The first-order valence-corrected chi connectivity index (χ1v) is 15.0. The van der Waals surface area contributed by atoms with Crippen LogP contribution >= 0.6 is 11.3 Å². The van der Waals surface area contributed by atoms with Crippen LogP contribution in [0.5, 0.6) is 5.75 Å². The first-order chi connectivity index (χ1) is 20.9. The molecular weight excluding hydrogens is 556 g/mol. The molecule has 0 saturated carbocycles. The quantitative estimate of drug-likeness (QED) is 0.236. The number of ether oxygens (including phenoxy) is 1. The maximum Gasteiger partial charge on any atom is 0.271 e. The average Bonchev–Trinajstić information content (AvgIpc) is 3.46. The summed E-state index contributed by atoms with van der Waals surface area (Å²) in [7, 11) is 0. The van der Waals surface area contributed by atoms with Crippen LogP contribution in [0.2, 0.25) is 0 Å². The van der Waals surface area contributed by atoms with Crippen molar-refractivity contribution in [2.45, 2.75) is 33.4 Å². The number of nitrogens with zero attached hydrogens (tertiary/aromatic N) is 3. The minimum Gasteiger partial charge on any atom is -0.494 e. The number of hydrogen-bond acceptors (Lipinski definition) is 5. The molecule has 0 radical (unpaired) electrons. The zero-order chi connectivity index (χ0) is 30.1. The van der Waals surface area contributed by atoms with Gasteiger partial charge in [-0.3, -0.25) is 14.2 Å². The second kappa shape index (κ2) is 11.7. The first-order valence-electron chi connectivity index (χ1n) is 14.2. The fraction of sp³-hybridized carbons (Fsp3) is 0.171. The van der Waals surface area contributed by atoms with Crippen molar-refractivity contribution in [2.24, 2.45) is 4.99 Å². The van der Waals surface area contributed by atoms with E-state index in [1.807, 2.05) is 92.7 Å². The van der Waals surface area contributed by atoms with Crippen LogP contribution < -0.4 is 24.9 Å². The molecule has 7 nitrogen and oxygen atoms in total. The highest BCUT2D eigenvalue weighted by Crippen LogP contribution is 2.32. The molecule has 1 atom stereocenters. The van der Waals surface area contributed by atoms with E-state index in [4.69, 9.17) is 9.73 Å². The first kappa shape index (κ1) is 28.2. The maximum atomic E-state index is 14.3. The van der Waals surface area contributed by atoms with Crippen LogP contribution in [0, 0.1) is 6.92 Å². The van der Waals surface area contributed by atoms with Crippen molar-refractivity contribution in [1.29, 1.82) is 0 Å². The highest BCUT2D eigenvalue weighted by Gasteiger charge is 2.32. The number of hydrogen-bond donors (Lipinski definition) is 1. The minimum atomic E-state index is -0.666. The molecule has 6 rings (SSSR count). The summed E-state index contributed by atoms with van der Waals surface area (Å²) in [6.45, 7) is 10.9. The van der Waals surface area contributed by atoms with E-state index in [0.29, 0.717) is 39.4 Å². The van der Waals surface area contributed by atoms with Crippen molar-refractivity contribution in [3.63, 3.8) is 0 Å². The molecule has 3 aromatic carbocycles. The lowest BCUT2D eigenvalue weighted by molar-refractivity contribution is -0.113. The van der Waals surface area contributed by atoms with Gasteiger partial charge >= 0.3 is 0 Å². The summed E-state index contributed by atoms with van der Waals surface area (Å²) in [5, 5.41) is 4.07. The van der Waals surface area contributed by atoms with Crippen molar-refractivity contribution in [1.82, 2.24) is 9.13 Å². The topological polar surface area (TPSA) is 77.6 Å². The summed E-state index contributed by atoms with van der Waals surface area (Å²) in [6, 6.07) is 24.4. The van der Waals surface area contributed by atoms with Gasteiger partial charge in [0.1, 0.15) is 5.75 Å². The fourth-order valence-corrected chi connectivity index (χ4v) is 6.72. The van der Waals surface area contributed by atoms with Crippen LogP contribution in [-0.4, -0.2) is 21.6 Å². The molecule has 0 saturated heterocycles. The molecule has 0 fully saturated rings. The van der Waals surface area contributed by atoms with Gasteiger partial charge in [0.2, 0.25) is 0 Å². The van der Waals surface area contributed by atoms with Gasteiger partial charge in [-0.1, -0.05) is 65.9 Å². The van der Waals surface area contributed by atoms with E-state index in [1.54, 1.807) is 4.57 Å². The summed E-state index contributed by atoms with van der Waals surface area (Å²) < 4.78 is 10.1. The average molecular weight is 589 g/mol. The Balaban J connectivity index is 1.53. The Kier molecular flexibility index (Phi) is 7.69. The van der Waals surface area contributed by atoms with Crippen molar-refractivity contribution in [3.8, 4) is 5.75 Å². The molecule has 43 heavy (non-hydrogen) atoms. The van der Waals surface area contributed by atoms with E-state index in [-0.39, 0.29) is 11.5 Å². The Hall–Kier alpha value is -4.95. The number of carbonyl (C=O) groups is 1. The van der Waals surface area contributed by atoms with Crippen molar-refractivity contribution < 1.29 is 9.53 Å². The standard InChI is InChI=1S/C35H32N4O3S/c1-5-20-38-23(4)28(27-14-10-11-15-29(27)38)21-30-34(41)39-32(24-16-18-26(19-17-24)42-6-2)31(22(3)36-35(39)43-30)33(40)37-25-12-8-7-9-13-25/h5,7-19,21,32H,1,6,20H2,2-4H3,(H,37,40)/b30-21-/t32-/m1/s1. The van der Waals surface area contributed by atoms with Gasteiger partial charge < -0.3 is 14.6 Å². The van der Waals surface area contributed by atoms with Crippen molar-refractivity contribution in [3.05, 3.63) is 139 Å². The van der Waals surface area contributed by atoms with Gasteiger partial charge in [0.05, 0.1) is 28.5 Å². The molecule has 0 unspecified atom stereocenters. The number of allylic oxidation sites excluding steroid dienone is 2. The second-order valence-electron chi connectivity index (χ2n) is 10.3. The smallest absolute Gasteiger partial charge is 0.271 e. The second-order valence-corrected chi connectivity index (χ2v) is 11.3. The van der Waals surface area contributed by atoms with Gasteiger partial charge in [-0.2, -0.15) is 0 Å². The summed E-state index contributed by atoms with van der Waals surface area (Å²) in [6.07, 6.45) is 3.83. The summed E-state index contributed by atoms with van der Waals surface area (Å²) in [5.74, 6) is 0.421. The summed E-state index contributed by atoms with van der Waals surface area (Å²) in [5.41, 5.74) is 5.38. The number of carbonyl (C=O) groups excluding carboxylic acids is 1. The zero-order valence-corrected chi connectivity index (χ0v) is 25.2. The van der Waals surface area contributed by atoms with Crippen molar-refractivity contribution >= 4 is 39.9 Å². The third kappa shape index (κ3) is 5.15. The van der Waals surface area contributed by atoms with Gasteiger partial charge in [-0.25, -0.2) is 4.99 Å². The van der Waals surface area contributed by atoms with Crippen molar-refractivity contribution in [2.75, 3.05) is 11.9 Å². The molecule has 2 aromatic heterocycles. The number of aromatic nitrogens is 2. The molecule has 216 valence electrons.